The third-order valence-corrected chi connectivity index (χ3v) is 3.61. The molecule has 0 aliphatic carbocycles. The summed E-state index contributed by atoms with van der Waals surface area (Å²) in [5.74, 6) is 0.292. The van der Waals surface area contributed by atoms with Crippen LogP contribution in [0, 0.1) is 5.92 Å². The molecule has 2 amide bonds. The van der Waals surface area contributed by atoms with E-state index in [0.29, 0.717) is 25.3 Å². The molecule has 0 saturated carbocycles. The number of halogens is 1. The van der Waals surface area contributed by atoms with Crippen molar-refractivity contribution in [3.8, 4) is 0 Å². The number of rotatable bonds is 4. The zero-order valence-corrected chi connectivity index (χ0v) is 12.8. The Balaban J connectivity index is 2.92. The summed E-state index contributed by atoms with van der Waals surface area (Å²) >= 11 is 5.67. The summed E-state index contributed by atoms with van der Waals surface area (Å²) < 4.78 is 0. The van der Waals surface area contributed by atoms with Gasteiger partial charge >= 0.3 is 0 Å². The monoisotopic (exact) mass is 286 g/mol. The lowest BCUT2D eigenvalue weighted by Crippen LogP contribution is -2.47. The van der Waals surface area contributed by atoms with Crippen LogP contribution in [0.15, 0.2) is 11.1 Å². The van der Waals surface area contributed by atoms with Gasteiger partial charge in [0.1, 0.15) is 6.04 Å². The summed E-state index contributed by atoms with van der Waals surface area (Å²) in [5.41, 5.74) is 2.40. The molecule has 1 fully saturated rings. The van der Waals surface area contributed by atoms with Crippen LogP contribution in [0.4, 0.5) is 0 Å². The van der Waals surface area contributed by atoms with Gasteiger partial charge in [-0.15, -0.1) is 0 Å². The smallest absolute Gasteiger partial charge is 0.245 e. The molecule has 108 valence electrons. The quantitative estimate of drug-likeness (QED) is 0.862. The van der Waals surface area contributed by atoms with Crippen molar-refractivity contribution in [3.63, 3.8) is 0 Å². The SMILES string of the molecule is CC(=CCl)CN1C(=O)C(CC(C)C)NC(=O)CC1C. The average molecular weight is 287 g/mol. The van der Waals surface area contributed by atoms with Gasteiger partial charge in [-0.1, -0.05) is 25.4 Å². The Morgan fingerprint density at radius 3 is 2.68 bits per heavy atom. The van der Waals surface area contributed by atoms with Gasteiger partial charge < -0.3 is 10.2 Å². The highest BCUT2D eigenvalue weighted by Crippen LogP contribution is 2.17. The van der Waals surface area contributed by atoms with Crippen LogP contribution in [0.3, 0.4) is 0 Å². The Bertz CT molecular complexity index is 380. The second kappa shape index (κ2) is 6.94. The fourth-order valence-corrected chi connectivity index (χ4v) is 2.35. The minimum Gasteiger partial charge on any atom is -0.344 e. The maximum atomic E-state index is 12.5. The molecule has 1 saturated heterocycles. The van der Waals surface area contributed by atoms with Crippen molar-refractivity contribution in [2.24, 2.45) is 5.92 Å². The first-order valence-electron chi connectivity index (χ1n) is 6.70. The molecule has 0 bridgehead atoms. The molecule has 4 nitrogen and oxygen atoms in total. The molecule has 0 aromatic carbocycles. The van der Waals surface area contributed by atoms with E-state index in [1.807, 2.05) is 27.7 Å². The summed E-state index contributed by atoms with van der Waals surface area (Å²) in [4.78, 5) is 26.1. The van der Waals surface area contributed by atoms with Gasteiger partial charge in [0.2, 0.25) is 11.8 Å². The number of nitrogens with one attached hydrogen (secondary N) is 1. The number of amides is 2. The number of hydrogen-bond acceptors (Lipinski definition) is 2. The molecule has 1 rings (SSSR count). The molecular weight excluding hydrogens is 264 g/mol. The Hall–Kier alpha value is -1.03. The lowest BCUT2D eigenvalue weighted by Gasteiger charge is -2.29. The lowest BCUT2D eigenvalue weighted by atomic mass is 10.0. The van der Waals surface area contributed by atoms with E-state index in [0.717, 1.165) is 5.57 Å². The van der Waals surface area contributed by atoms with Gasteiger partial charge in [-0.2, -0.15) is 0 Å². The summed E-state index contributed by atoms with van der Waals surface area (Å²) in [6.45, 7) is 8.35. The van der Waals surface area contributed by atoms with Crippen molar-refractivity contribution < 1.29 is 9.59 Å². The molecule has 1 aliphatic heterocycles. The van der Waals surface area contributed by atoms with Crippen molar-refractivity contribution in [1.29, 1.82) is 0 Å². The normalized spacial score (nSPS) is 25.6. The number of carbonyl (C=O) groups excluding carboxylic acids is 2. The van der Waals surface area contributed by atoms with E-state index in [2.05, 4.69) is 5.32 Å². The number of hydrogen-bond donors (Lipinski definition) is 1. The molecule has 0 radical (unpaired) electrons. The molecule has 5 heteroatoms. The maximum Gasteiger partial charge on any atom is 0.245 e. The first kappa shape index (κ1) is 16.0. The van der Waals surface area contributed by atoms with Crippen LogP contribution in [0.2, 0.25) is 0 Å². The van der Waals surface area contributed by atoms with Crippen molar-refractivity contribution in [3.05, 3.63) is 11.1 Å². The number of carbonyl (C=O) groups is 2. The number of nitrogens with zero attached hydrogens (tertiary/aromatic N) is 1. The van der Waals surface area contributed by atoms with Gasteiger partial charge in [-0.25, -0.2) is 0 Å². The fourth-order valence-electron chi connectivity index (χ4n) is 2.28. The van der Waals surface area contributed by atoms with Crippen LogP contribution in [-0.2, 0) is 9.59 Å². The van der Waals surface area contributed by atoms with Gasteiger partial charge in [0, 0.05) is 24.5 Å². The molecule has 1 aliphatic rings. The van der Waals surface area contributed by atoms with Gasteiger partial charge in [-0.05, 0) is 31.8 Å². The Morgan fingerprint density at radius 1 is 1.53 bits per heavy atom. The van der Waals surface area contributed by atoms with Crippen LogP contribution in [0.5, 0.6) is 0 Å². The fraction of sp³-hybridized carbons (Fsp3) is 0.714. The van der Waals surface area contributed by atoms with Crippen LogP contribution < -0.4 is 5.32 Å². The third kappa shape index (κ3) is 4.53. The van der Waals surface area contributed by atoms with Crippen molar-refractivity contribution in [1.82, 2.24) is 10.2 Å². The first-order chi connectivity index (χ1) is 8.85. The lowest BCUT2D eigenvalue weighted by molar-refractivity contribution is -0.134. The molecule has 0 aromatic heterocycles. The Morgan fingerprint density at radius 2 is 2.16 bits per heavy atom. The highest BCUT2D eigenvalue weighted by molar-refractivity contribution is 6.25. The molecule has 19 heavy (non-hydrogen) atoms. The van der Waals surface area contributed by atoms with E-state index in [1.165, 1.54) is 5.54 Å². The first-order valence-corrected chi connectivity index (χ1v) is 7.14. The van der Waals surface area contributed by atoms with Gasteiger partial charge in [0.25, 0.3) is 0 Å². The molecule has 1 heterocycles. The van der Waals surface area contributed by atoms with E-state index in [4.69, 9.17) is 11.6 Å². The molecule has 0 spiro atoms. The van der Waals surface area contributed by atoms with Crippen molar-refractivity contribution in [2.75, 3.05) is 6.54 Å². The van der Waals surface area contributed by atoms with Crippen LogP contribution >= 0.6 is 11.6 Å². The van der Waals surface area contributed by atoms with Crippen molar-refractivity contribution in [2.45, 2.75) is 52.6 Å². The molecule has 2 atom stereocenters. The molecule has 1 N–H and O–H groups in total. The predicted octanol–water partition coefficient (Wildman–Crippen LogP) is 2.28. The summed E-state index contributed by atoms with van der Waals surface area (Å²) in [6, 6.07) is -0.517. The van der Waals surface area contributed by atoms with E-state index in [1.54, 1.807) is 4.90 Å². The Labute approximate surface area is 120 Å². The van der Waals surface area contributed by atoms with E-state index in [9.17, 15) is 9.59 Å². The topological polar surface area (TPSA) is 49.4 Å². The summed E-state index contributed by atoms with van der Waals surface area (Å²) in [6.07, 6.45) is 1.01. The molecular formula is C14H23ClN2O2. The standard InChI is InChI=1S/C14H23ClN2O2/c1-9(2)5-12-14(19)17(8-10(3)7-15)11(4)6-13(18)16-12/h7,9,11-12H,5-6,8H2,1-4H3,(H,16,18). The highest BCUT2D eigenvalue weighted by Gasteiger charge is 2.33. The second-order valence-electron chi connectivity index (χ2n) is 5.72. The van der Waals surface area contributed by atoms with Gasteiger partial charge in [0.15, 0.2) is 0 Å². The van der Waals surface area contributed by atoms with Crippen LogP contribution in [0.25, 0.3) is 0 Å². The maximum absolute atomic E-state index is 12.5. The molecule has 0 aromatic rings. The third-order valence-electron chi connectivity index (χ3n) is 3.24. The van der Waals surface area contributed by atoms with E-state index in [-0.39, 0.29) is 17.9 Å². The predicted molar refractivity (Wildman–Crippen MR) is 76.8 cm³/mol. The second-order valence-corrected chi connectivity index (χ2v) is 5.94. The summed E-state index contributed by atoms with van der Waals surface area (Å²) in [7, 11) is 0. The minimum absolute atomic E-state index is 0.00934. The van der Waals surface area contributed by atoms with Crippen LogP contribution in [-0.4, -0.2) is 35.3 Å². The average Bonchev–Trinajstić information content (AvgIpc) is 2.40. The van der Waals surface area contributed by atoms with Crippen molar-refractivity contribution >= 4 is 23.4 Å². The summed E-state index contributed by atoms with van der Waals surface area (Å²) in [5, 5.41) is 2.83. The van der Waals surface area contributed by atoms with Gasteiger partial charge in [0.05, 0.1) is 0 Å². The van der Waals surface area contributed by atoms with E-state index >= 15 is 0 Å². The van der Waals surface area contributed by atoms with Gasteiger partial charge in [-0.3, -0.25) is 9.59 Å². The molecule has 2 unspecified atom stereocenters. The van der Waals surface area contributed by atoms with Crippen LogP contribution in [0.1, 0.15) is 40.5 Å². The zero-order chi connectivity index (χ0) is 14.6. The minimum atomic E-state index is -0.416. The Kier molecular flexibility index (Phi) is 5.85. The highest BCUT2D eigenvalue weighted by atomic mass is 35.5. The zero-order valence-electron chi connectivity index (χ0n) is 12.1. The largest absolute Gasteiger partial charge is 0.344 e. The van der Waals surface area contributed by atoms with E-state index < -0.39 is 6.04 Å².